The first-order valence-electron chi connectivity index (χ1n) is 8.16. The first-order valence-corrected chi connectivity index (χ1v) is 8.16. The standard InChI is InChI=1S/C17H18N4O4/c22-17(20-12-3-4-14-15(8-12)24-11-23-14)21-7-1-2-13(10-21)25-16-9-18-5-6-19-16/h3-6,8-9,13H,1-2,7,10-11H2,(H,20,22). The van der Waals surface area contributed by atoms with Gasteiger partial charge in [0.1, 0.15) is 6.10 Å². The summed E-state index contributed by atoms with van der Waals surface area (Å²) >= 11 is 0. The van der Waals surface area contributed by atoms with Crippen LogP contribution in [0.25, 0.3) is 0 Å². The van der Waals surface area contributed by atoms with Crippen LogP contribution in [0.3, 0.4) is 0 Å². The van der Waals surface area contributed by atoms with Crippen LogP contribution in [-0.2, 0) is 0 Å². The minimum Gasteiger partial charge on any atom is -0.471 e. The minimum absolute atomic E-state index is 0.0899. The Morgan fingerprint density at radius 3 is 3.08 bits per heavy atom. The van der Waals surface area contributed by atoms with E-state index in [1.54, 1.807) is 41.7 Å². The van der Waals surface area contributed by atoms with E-state index in [0.717, 1.165) is 12.8 Å². The largest absolute Gasteiger partial charge is 0.471 e. The predicted molar refractivity (Wildman–Crippen MR) is 88.8 cm³/mol. The molecule has 2 aliphatic heterocycles. The minimum atomic E-state index is -0.161. The molecule has 4 rings (SSSR count). The molecule has 2 amide bonds. The molecular formula is C17H18N4O4. The molecule has 1 aromatic carbocycles. The molecule has 3 heterocycles. The summed E-state index contributed by atoms with van der Waals surface area (Å²) in [5.74, 6) is 1.80. The average molecular weight is 342 g/mol. The molecule has 0 radical (unpaired) electrons. The number of fused-ring (bicyclic) bond motifs is 1. The maximum absolute atomic E-state index is 12.5. The van der Waals surface area contributed by atoms with Crippen LogP contribution in [-0.4, -0.2) is 46.9 Å². The number of hydrogen-bond acceptors (Lipinski definition) is 6. The maximum Gasteiger partial charge on any atom is 0.321 e. The monoisotopic (exact) mass is 342 g/mol. The molecule has 2 aromatic rings. The summed E-state index contributed by atoms with van der Waals surface area (Å²) in [4.78, 5) is 22.4. The van der Waals surface area contributed by atoms with Crippen molar-refractivity contribution in [3.63, 3.8) is 0 Å². The second kappa shape index (κ2) is 6.84. The van der Waals surface area contributed by atoms with Gasteiger partial charge in [-0.2, -0.15) is 0 Å². The number of nitrogens with zero attached hydrogens (tertiary/aromatic N) is 3. The molecule has 0 aliphatic carbocycles. The highest BCUT2D eigenvalue weighted by Crippen LogP contribution is 2.34. The Balaban J connectivity index is 1.36. The van der Waals surface area contributed by atoms with Gasteiger partial charge in [-0.3, -0.25) is 4.98 Å². The third-order valence-corrected chi connectivity index (χ3v) is 4.12. The summed E-state index contributed by atoms with van der Waals surface area (Å²) in [5, 5.41) is 2.89. The van der Waals surface area contributed by atoms with Crippen molar-refractivity contribution in [3.8, 4) is 17.4 Å². The topological polar surface area (TPSA) is 85.8 Å². The number of amides is 2. The number of hydrogen-bond donors (Lipinski definition) is 1. The summed E-state index contributed by atoms with van der Waals surface area (Å²) in [5.41, 5.74) is 0.672. The third-order valence-electron chi connectivity index (χ3n) is 4.12. The lowest BCUT2D eigenvalue weighted by Gasteiger charge is -2.32. The molecule has 1 N–H and O–H groups in total. The highest BCUT2D eigenvalue weighted by Gasteiger charge is 2.25. The summed E-state index contributed by atoms with van der Waals surface area (Å²) < 4.78 is 16.4. The Hall–Kier alpha value is -3.03. The number of nitrogens with one attached hydrogen (secondary N) is 1. The zero-order valence-electron chi connectivity index (χ0n) is 13.6. The van der Waals surface area contributed by atoms with Gasteiger partial charge < -0.3 is 24.4 Å². The van der Waals surface area contributed by atoms with Crippen molar-refractivity contribution in [1.82, 2.24) is 14.9 Å². The normalized spacial score (nSPS) is 18.7. The fraction of sp³-hybridized carbons (Fsp3) is 0.353. The first kappa shape index (κ1) is 15.5. The van der Waals surface area contributed by atoms with Gasteiger partial charge in [-0.1, -0.05) is 0 Å². The molecule has 1 atom stereocenters. The number of piperidine rings is 1. The fourth-order valence-electron chi connectivity index (χ4n) is 2.91. The molecule has 25 heavy (non-hydrogen) atoms. The van der Waals surface area contributed by atoms with Crippen LogP contribution in [0, 0.1) is 0 Å². The highest BCUT2D eigenvalue weighted by molar-refractivity contribution is 5.89. The molecule has 0 spiro atoms. The predicted octanol–water partition coefficient (Wildman–Crippen LogP) is 2.28. The number of aromatic nitrogens is 2. The van der Waals surface area contributed by atoms with Crippen molar-refractivity contribution in [1.29, 1.82) is 0 Å². The lowest BCUT2D eigenvalue weighted by molar-refractivity contribution is 0.102. The second-order valence-electron chi connectivity index (χ2n) is 5.87. The van der Waals surface area contributed by atoms with Gasteiger partial charge in [0.2, 0.25) is 12.7 Å². The van der Waals surface area contributed by atoms with Gasteiger partial charge in [0.05, 0.1) is 12.7 Å². The second-order valence-corrected chi connectivity index (χ2v) is 5.87. The number of carbonyl (C=O) groups excluding carboxylic acids is 1. The lowest BCUT2D eigenvalue weighted by Crippen LogP contribution is -2.46. The molecule has 1 saturated heterocycles. The molecule has 2 aliphatic rings. The number of carbonyl (C=O) groups is 1. The third kappa shape index (κ3) is 3.57. The zero-order chi connectivity index (χ0) is 17.1. The molecule has 8 heteroatoms. The van der Waals surface area contributed by atoms with E-state index in [4.69, 9.17) is 14.2 Å². The van der Waals surface area contributed by atoms with Gasteiger partial charge in [0.15, 0.2) is 11.5 Å². The number of rotatable bonds is 3. The number of ether oxygens (including phenoxy) is 3. The fourth-order valence-corrected chi connectivity index (χ4v) is 2.91. The molecule has 1 unspecified atom stereocenters. The van der Waals surface area contributed by atoms with Crippen LogP contribution in [0.5, 0.6) is 17.4 Å². The van der Waals surface area contributed by atoms with E-state index in [0.29, 0.717) is 36.2 Å². The molecule has 130 valence electrons. The number of anilines is 1. The lowest BCUT2D eigenvalue weighted by atomic mass is 10.1. The van der Waals surface area contributed by atoms with Crippen molar-refractivity contribution in [2.24, 2.45) is 0 Å². The Bertz CT molecular complexity index is 756. The van der Waals surface area contributed by atoms with Gasteiger partial charge in [0.25, 0.3) is 0 Å². The SMILES string of the molecule is O=C(Nc1ccc2c(c1)OCO2)N1CCCC(Oc2cnccn2)C1. The van der Waals surface area contributed by atoms with Crippen LogP contribution >= 0.6 is 0 Å². The van der Waals surface area contributed by atoms with Crippen LogP contribution in [0.4, 0.5) is 10.5 Å². The van der Waals surface area contributed by atoms with Crippen LogP contribution in [0.2, 0.25) is 0 Å². The summed E-state index contributed by atoms with van der Waals surface area (Å²) in [7, 11) is 0. The van der Waals surface area contributed by atoms with E-state index in [1.165, 1.54) is 0 Å². The van der Waals surface area contributed by atoms with Gasteiger partial charge in [-0.15, -0.1) is 0 Å². The Kier molecular flexibility index (Phi) is 4.24. The molecular weight excluding hydrogens is 324 g/mol. The van der Waals surface area contributed by atoms with Gasteiger partial charge in [-0.05, 0) is 25.0 Å². The Morgan fingerprint density at radius 2 is 2.20 bits per heavy atom. The van der Waals surface area contributed by atoms with Crippen molar-refractivity contribution in [2.75, 3.05) is 25.2 Å². The first-order chi connectivity index (χ1) is 12.3. The average Bonchev–Trinajstić information content (AvgIpc) is 3.10. The number of benzene rings is 1. The van der Waals surface area contributed by atoms with Crippen molar-refractivity contribution in [2.45, 2.75) is 18.9 Å². The van der Waals surface area contributed by atoms with E-state index in [9.17, 15) is 4.79 Å². The zero-order valence-corrected chi connectivity index (χ0v) is 13.6. The van der Waals surface area contributed by atoms with Crippen molar-refractivity contribution in [3.05, 3.63) is 36.8 Å². The van der Waals surface area contributed by atoms with E-state index < -0.39 is 0 Å². The van der Waals surface area contributed by atoms with Gasteiger partial charge in [-0.25, -0.2) is 9.78 Å². The quantitative estimate of drug-likeness (QED) is 0.921. The Labute approximate surface area is 144 Å². The van der Waals surface area contributed by atoms with Crippen LogP contribution < -0.4 is 19.5 Å². The van der Waals surface area contributed by atoms with E-state index in [1.807, 2.05) is 0 Å². The van der Waals surface area contributed by atoms with E-state index >= 15 is 0 Å². The van der Waals surface area contributed by atoms with E-state index in [2.05, 4.69) is 15.3 Å². The maximum atomic E-state index is 12.5. The summed E-state index contributed by atoms with van der Waals surface area (Å²) in [6.45, 7) is 1.41. The van der Waals surface area contributed by atoms with Crippen molar-refractivity contribution < 1.29 is 19.0 Å². The van der Waals surface area contributed by atoms with Crippen LogP contribution in [0.15, 0.2) is 36.8 Å². The molecule has 0 saturated carbocycles. The molecule has 8 nitrogen and oxygen atoms in total. The van der Waals surface area contributed by atoms with E-state index in [-0.39, 0.29) is 18.9 Å². The van der Waals surface area contributed by atoms with Gasteiger partial charge in [0, 0.05) is 30.7 Å². The van der Waals surface area contributed by atoms with Crippen molar-refractivity contribution >= 4 is 11.7 Å². The number of urea groups is 1. The molecule has 1 aromatic heterocycles. The molecule has 1 fully saturated rings. The highest BCUT2D eigenvalue weighted by atomic mass is 16.7. The van der Waals surface area contributed by atoms with Crippen LogP contribution in [0.1, 0.15) is 12.8 Å². The Morgan fingerprint density at radius 1 is 1.28 bits per heavy atom. The molecule has 0 bridgehead atoms. The van der Waals surface area contributed by atoms with Gasteiger partial charge >= 0.3 is 6.03 Å². The summed E-state index contributed by atoms with van der Waals surface area (Å²) in [6, 6.07) is 5.18. The smallest absolute Gasteiger partial charge is 0.321 e. The number of likely N-dealkylation sites (tertiary alicyclic amines) is 1. The summed E-state index contributed by atoms with van der Waals surface area (Å²) in [6.07, 6.45) is 6.42.